The summed E-state index contributed by atoms with van der Waals surface area (Å²) in [7, 11) is 0. The highest BCUT2D eigenvalue weighted by Crippen LogP contribution is 2.28. The second-order valence-corrected chi connectivity index (χ2v) is 4.81. The van der Waals surface area contributed by atoms with Crippen molar-refractivity contribution in [1.82, 2.24) is 4.90 Å². The highest BCUT2D eigenvalue weighted by Gasteiger charge is 2.28. The van der Waals surface area contributed by atoms with Gasteiger partial charge in [0.15, 0.2) is 0 Å². The maximum absolute atomic E-state index is 2.73. The van der Waals surface area contributed by atoms with Crippen LogP contribution in [0.25, 0.3) is 0 Å². The van der Waals surface area contributed by atoms with Crippen LogP contribution in [0.4, 0.5) is 0 Å². The SMILES string of the molecule is CC.CC.CCCN(C1CCC1)C(C)C(C)C. The first-order valence-electron chi connectivity index (χ1n) is 7.92. The molecule has 1 nitrogen and oxygen atoms in total. The summed E-state index contributed by atoms with van der Waals surface area (Å²) in [4.78, 5) is 2.73. The van der Waals surface area contributed by atoms with Gasteiger partial charge in [0.05, 0.1) is 0 Å². The largest absolute Gasteiger partial charge is 0.297 e. The highest BCUT2D eigenvalue weighted by atomic mass is 15.2. The minimum atomic E-state index is 0.769. The van der Waals surface area contributed by atoms with Gasteiger partial charge in [-0.3, -0.25) is 4.90 Å². The lowest BCUT2D eigenvalue weighted by Crippen LogP contribution is -2.47. The third-order valence-corrected chi connectivity index (χ3v) is 3.51. The maximum Gasteiger partial charge on any atom is 0.00982 e. The zero-order valence-electron chi connectivity index (χ0n) is 13.7. The zero-order chi connectivity index (χ0) is 13.8. The molecule has 0 aromatic heterocycles. The Hall–Kier alpha value is -0.0400. The molecule has 0 amide bonds. The van der Waals surface area contributed by atoms with E-state index in [4.69, 9.17) is 0 Å². The van der Waals surface area contributed by atoms with Crippen LogP contribution in [0.3, 0.4) is 0 Å². The fourth-order valence-corrected chi connectivity index (χ4v) is 2.08. The third kappa shape index (κ3) is 7.08. The molecular formula is C16H37N. The van der Waals surface area contributed by atoms with E-state index in [2.05, 4.69) is 32.6 Å². The van der Waals surface area contributed by atoms with Crippen LogP contribution in [0.1, 0.15) is 81.1 Å². The van der Waals surface area contributed by atoms with Gasteiger partial charge in [0.25, 0.3) is 0 Å². The number of hydrogen-bond acceptors (Lipinski definition) is 1. The Labute approximate surface area is 111 Å². The molecule has 0 bridgehead atoms. The second kappa shape index (κ2) is 12.4. The number of nitrogens with zero attached hydrogens (tertiary/aromatic N) is 1. The van der Waals surface area contributed by atoms with Crippen molar-refractivity contribution in [3.8, 4) is 0 Å². The smallest absolute Gasteiger partial charge is 0.00982 e. The lowest BCUT2D eigenvalue weighted by atomic mass is 9.88. The number of rotatable bonds is 5. The predicted molar refractivity (Wildman–Crippen MR) is 81.6 cm³/mol. The monoisotopic (exact) mass is 243 g/mol. The molecule has 0 aromatic rings. The summed E-state index contributed by atoms with van der Waals surface area (Å²) in [6.07, 6.45) is 5.64. The molecule has 106 valence electrons. The van der Waals surface area contributed by atoms with Crippen molar-refractivity contribution >= 4 is 0 Å². The van der Waals surface area contributed by atoms with Crippen molar-refractivity contribution in [3.63, 3.8) is 0 Å². The zero-order valence-corrected chi connectivity index (χ0v) is 13.7. The Morgan fingerprint density at radius 3 is 1.71 bits per heavy atom. The van der Waals surface area contributed by atoms with Crippen LogP contribution in [-0.4, -0.2) is 23.5 Å². The third-order valence-electron chi connectivity index (χ3n) is 3.51. The molecule has 1 aliphatic carbocycles. The van der Waals surface area contributed by atoms with Crippen LogP contribution in [0, 0.1) is 5.92 Å². The quantitative estimate of drug-likeness (QED) is 0.629. The van der Waals surface area contributed by atoms with Crippen molar-refractivity contribution < 1.29 is 0 Å². The van der Waals surface area contributed by atoms with Crippen LogP contribution in [0.2, 0.25) is 0 Å². The minimum Gasteiger partial charge on any atom is -0.297 e. The minimum absolute atomic E-state index is 0.769. The Bertz CT molecular complexity index is 138. The molecular weight excluding hydrogens is 206 g/mol. The van der Waals surface area contributed by atoms with E-state index >= 15 is 0 Å². The Morgan fingerprint density at radius 2 is 1.47 bits per heavy atom. The van der Waals surface area contributed by atoms with Gasteiger partial charge in [-0.15, -0.1) is 0 Å². The summed E-state index contributed by atoms with van der Waals surface area (Å²) in [5, 5.41) is 0. The van der Waals surface area contributed by atoms with E-state index in [1.807, 2.05) is 27.7 Å². The molecule has 1 rings (SSSR count). The summed E-state index contributed by atoms with van der Waals surface area (Å²) in [5.74, 6) is 0.798. The predicted octanol–water partition coefficient (Wildman–Crippen LogP) is 5.35. The average molecular weight is 243 g/mol. The van der Waals surface area contributed by atoms with Gasteiger partial charge in [0.2, 0.25) is 0 Å². The van der Waals surface area contributed by atoms with Crippen LogP contribution in [0.5, 0.6) is 0 Å². The fourth-order valence-electron chi connectivity index (χ4n) is 2.08. The van der Waals surface area contributed by atoms with E-state index in [0.717, 1.165) is 18.0 Å². The molecule has 1 aliphatic rings. The summed E-state index contributed by atoms with van der Waals surface area (Å²) in [5.41, 5.74) is 0. The lowest BCUT2D eigenvalue weighted by Gasteiger charge is -2.42. The normalized spacial score (nSPS) is 16.6. The lowest BCUT2D eigenvalue weighted by molar-refractivity contribution is 0.0655. The molecule has 17 heavy (non-hydrogen) atoms. The molecule has 1 unspecified atom stereocenters. The molecule has 0 N–H and O–H groups in total. The van der Waals surface area contributed by atoms with E-state index in [0.29, 0.717) is 0 Å². The van der Waals surface area contributed by atoms with Gasteiger partial charge in [-0.2, -0.15) is 0 Å². The van der Waals surface area contributed by atoms with Crippen molar-refractivity contribution in [2.45, 2.75) is 93.2 Å². The van der Waals surface area contributed by atoms with Crippen LogP contribution in [-0.2, 0) is 0 Å². The second-order valence-electron chi connectivity index (χ2n) is 4.81. The summed E-state index contributed by atoms with van der Waals surface area (Å²) in [6.45, 7) is 18.7. The van der Waals surface area contributed by atoms with E-state index in [1.165, 1.54) is 32.2 Å². The Morgan fingerprint density at radius 1 is 1.00 bits per heavy atom. The van der Waals surface area contributed by atoms with Crippen LogP contribution in [0.15, 0.2) is 0 Å². The maximum atomic E-state index is 2.73. The van der Waals surface area contributed by atoms with Crippen molar-refractivity contribution in [3.05, 3.63) is 0 Å². The molecule has 0 radical (unpaired) electrons. The van der Waals surface area contributed by atoms with E-state index < -0.39 is 0 Å². The van der Waals surface area contributed by atoms with Gasteiger partial charge in [0, 0.05) is 12.1 Å². The molecule has 0 spiro atoms. The first-order valence-corrected chi connectivity index (χ1v) is 7.92. The number of hydrogen-bond donors (Lipinski definition) is 0. The molecule has 0 heterocycles. The van der Waals surface area contributed by atoms with Crippen molar-refractivity contribution in [2.24, 2.45) is 5.92 Å². The van der Waals surface area contributed by atoms with Crippen molar-refractivity contribution in [1.29, 1.82) is 0 Å². The average Bonchev–Trinajstić information content (AvgIpc) is 2.30. The fraction of sp³-hybridized carbons (Fsp3) is 1.00. The highest BCUT2D eigenvalue weighted by molar-refractivity contribution is 4.84. The molecule has 1 atom stereocenters. The Balaban J connectivity index is 0. The molecule has 0 saturated heterocycles. The summed E-state index contributed by atoms with van der Waals surface area (Å²) in [6, 6.07) is 1.68. The van der Waals surface area contributed by atoms with Gasteiger partial charge in [0.1, 0.15) is 0 Å². The van der Waals surface area contributed by atoms with Crippen LogP contribution >= 0.6 is 0 Å². The standard InChI is InChI=1S/C12H25N.2C2H6/c1-5-9-13(11(4)10(2)3)12-7-6-8-12;2*1-2/h10-12H,5-9H2,1-4H3;2*1-2H3. The molecule has 1 fully saturated rings. The summed E-state index contributed by atoms with van der Waals surface area (Å²) < 4.78 is 0. The summed E-state index contributed by atoms with van der Waals surface area (Å²) >= 11 is 0. The van der Waals surface area contributed by atoms with Gasteiger partial charge in [-0.05, 0) is 38.6 Å². The van der Waals surface area contributed by atoms with Gasteiger partial charge in [-0.25, -0.2) is 0 Å². The van der Waals surface area contributed by atoms with Gasteiger partial charge >= 0.3 is 0 Å². The van der Waals surface area contributed by atoms with E-state index in [-0.39, 0.29) is 0 Å². The van der Waals surface area contributed by atoms with Gasteiger partial charge < -0.3 is 0 Å². The molecule has 1 heteroatoms. The van der Waals surface area contributed by atoms with Gasteiger partial charge in [-0.1, -0.05) is 54.9 Å². The Kier molecular flexibility index (Phi) is 14.1. The van der Waals surface area contributed by atoms with Crippen molar-refractivity contribution in [2.75, 3.05) is 6.54 Å². The van der Waals surface area contributed by atoms with E-state index in [9.17, 15) is 0 Å². The first-order chi connectivity index (χ1) is 8.16. The molecule has 1 saturated carbocycles. The molecule has 0 aromatic carbocycles. The van der Waals surface area contributed by atoms with Crippen LogP contribution < -0.4 is 0 Å². The molecule has 0 aliphatic heterocycles. The topological polar surface area (TPSA) is 3.24 Å². The first kappa shape index (κ1) is 19.3. The van der Waals surface area contributed by atoms with E-state index in [1.54, 1.807) is 0 Å².